The fraction of sp³-hybridized carbons (Fsp3) is 0.636. The van der Waals surface area contributed by atoms with Gasteiger partial charge in [0.25, 0.3) is 0 Å². The van der Waals surface area contributed by atoms with E-state index in [9.17, 15) is 9.59 Å². The van der Waals surface area contributed by atoms with Gasteiger partial charge in [-0.25, -0.2) is 0 Å². The second-order valence-corrected chi connectivity index (χ2v) is 4.89. The van der Waals surface area contributed by atoms with Crippen LogP contribution in [0.1, 0.15) is 32.0 Å². The summed E-state index contributed by atoms with van der Waals surface area (Å²) in [6.07, 6.45) is 0.280. The lowest BCUT2D eigenvalue weighted by Crippen LogP contribution is -2.52. The lowest BCUT2D eigenvalue weighted by molar-refractivity contribution is -0.138. The quantitative estimate of drug-likeness (QED) is 0.800. The van der Waals surface area contributed by atoms with Crippen molar-refractivity contribution in [3.05, 3.63) is 11.7 Å². The van der Waals surface area contributed by atoms with Crippen LogP contribution in [0, 0.1) is 6.92 Å². The summed E-state index contributed by atoms with van der Waals surface area (Å²) in [5, 5.41) is 6.37. The largest absolute Gasteiger partial charge is 0.342 e. The first-order chi connectivity index (χ1) is 8.38. The van der Waals surface area contributed by atoms with E-state index in [4.69, 9.17) is 4.52 Å². The van der Waals surface area contributed by atoms with Gasteiger partial charge in [-0.1, -0.05) is 5.16 Å². The van der Waals surface area contributed by atoms with E-state index < -0.39 is 5.54 Å². The Bertz CT molecular complexity index is 480. The Balaban J connectivity index is 2.16. The molecule has 2 rings (SSSR count). The molecule has 1 aliphatic rings. The maximum absolute atomic E-state index is 12.2. The topological polar surface area (TPSA) is 88.3 Å². The van der Waals surface area contributed by atoms with E-state index in [-0.39, 0.29) is 24.8 Å². The van der Waals surface area contributed by atoms with Gasteiger partial charge >= 0.3 is 0 Å². The summed E-state index contributed by atoms with van der Waals surface area (Å²) >= 11 is 0. The Morgan fingerprint density at radius 2 is 2.17 bits per heavy atom. The fourth-order valence-corrected chi connectivity index (χ4v) is 1.92. The maximum Gasteiger partial charge on any atom is 0.248 e. The molecule has 7 heteroatoms. The molecule has 1 aliphatic heterocycles. The first kappa shape index (κ1) is 12.5. The Hall–Kier alpha value is -1.92. The molecule has 0 bridgehead atoms. The van der Waals surface area contributed by atoms with E-state index in [1.54, 1.807) is 25.7 Å². The predicted molar refractivity (Wildman–Crippen MR) is 61.3 cm³/mol. The highest BCUT2D eigenvalue weighted by molar-refractivity contribution is 5.92. The highest BCUT2D eigenvalue weighted by Crippen LogP contribution is 2.15. The van der Waals surface area contributed by atoms with Gasteiger partial charge in [0.2, 0.25) is 17.7 Å². The molecular formula is C11H16N4O3. The molecule has 2 amide bonds. The Kier molecular flexibility index (Phi) is 3.06. The van der Waals surface area contributed by atoms with Crippen LogP contribution in [0.5, 0.6) is 0 Å². The molecule has 0 radical (unpaired) electrons. The second kappa shape index (κ2) is 4.40. The molecule has 0 unspecified atom stereocenters. The molecule has 1 aromatic heterocycles. The van der Waals surface area contributed by atoms with Crippen LogP contribution in [0.2, 0.25) is 0 Å². The van der Waals surface area contributed by atoms with Crippen molar-refractivity contribution in [3.8, 4) is 0 Å². The molecule has 2 heterocycles. The SMILES string of the molecule is Cc1noc(CN2CCC(=O)NC(C)(C)C2=O)n1. The number of carbonyl (C=O) groups is 2. The third kappa shape index (κ3) is 2.49. The Labute approximate surface area is 105 Å². The normalized spacial score (nSPS) is 19.6. The van der Waals surface area contributed by atoms with Gasteiger partial charge in [0.1, 0.15) is 12.1 Å². The summed E-state index contributed by atoms with van der Waals surface area (Å²) in [6.45, 7) is 5.68. The first-order valence-corrected chi connectivity index (χ1v) is 5.78. The monoisotopic (exact) mass is 252 g/mol. The third-order valence-electron chi connectivity index (χ3n) is 2.78. The van der Waals surface area contributed by atoms with Crippen molar-refractivity contribution in [1.29, 1.82) is 0 Å². The summed E-state index contributed by atoms with van der Waals surface area (Å²) in [7, 11) is 0. The average molecular weight is 252 g/mol. The standard InChI is InChI=1S/C11H16N4O3/c1-7-12-9(18-14-7)6-15-5-4-8(16)13-11(2,3)10(15)17/h4-6H2,1-3H3,(H,13,16). The first-order valence-electron chi connectivity index (χ1n) is 5.78. The number of aromatic nitrogens is 2. The third-order valence-corrected chi connectivity index (χ3v) is 2.78. The lowest BCUT2D eigenvalue weighted by atomic mass is 10.0. The number of carbonyl (C=O) groups excluding carboxylic acids is 2. The molecule has 1 saturated heterocycles. The smallest absolute Gasteiger partial charge is 0.248 e. The van der Waals surface area contributed by atoms with E-state index in [0.29, 0.717) is 18.3 Å². The van der Waals surface area contributed by atoms with Crippen LogP contribution >= 0.6 is 0 Å². The molecule has 0 saturated carbocycles. The van der Waals surface area contributed by atoms with Crippen molar-refractivity contribution in [3.63, 3.8) is 0 Å². The van der Waals surface area contributed by atoms with Crippen molar-refractivity contribution in [2.75, 3.05) is 6.54 Å². The van der Waals surface area contributed by atoms with Crippen LogP contribution in [0.25, 0.3) is 0 Å². The minimum Gasteiger partial charge on any atom is -0.342 e. The summed E-state index contributed by atoms with van der Waals surface area (Å²) in [6, 6.07) is 0. The number of hydrogen-bond donors (Lipinski definition) is 1. The number of nitrogens with zero attached hydrogens (tertiary/aromatic N) is 3. The summed E-state index contributed by atoms with van der Waals surface area (Å²) in [5.74, 6) is 0.633. The van der Waals surface area contributed by atoms with Crippen molar-refractivity contribution in [1.82, 2.24) is 20.4 Å². The molecule has 98 valence electrons. The van der Waals surface area contributed by atoms with Crippen LogP contribution in [0.4, 0.5) is 0 Å². The zero-order chi connectivity index (χ0) is 13.3. The van der Waals surface area contributed by atoms with E-state index >= 15 is 0 Å². The zero-order valence-electron chi connectivity index (χ0n) is 10.7. The summed E-state index contributed by atoms with van der Waals surface area (Å²) in [5.41, 5.74) is -0.900. The molecule has 1 N–H and O–H groups in total. The number of aryl methyl sites for hydroxylation is 1. The number of hydrogen-bond acceptors (Lipinski definition) is 5. The van der Waals surface area contributed by atoms with E-state index in [0.717, 1.165) is 0 Å². The molecule has 18 heavy (non-hydrogen) atoms. The number of rotatable bonds is 2. The van der Waals surface area contributed by atoms with Gasteiger partial charge in [0, 0.05) is 13.0 Å². The fourth-order valence-electron chi connectivity index (χ4n) is 1.92. The van der Waals surface area contributed by atoms with Crippen molar-refractivity contribution in [2.45, 2.75) is 39.3 Å². The van der Waals surface area contributed by atoms with Crippen LogP contribution in [0.15, 0.2) is 4.52 Å². The minimum atomic E-state index is -0.900. The molecule has 1 fully saturated rings. The van der Waals surface area contributed by atoms with Crippen LogP contribution < -0.4 is 5.32 Å². The van der Waals surface area contributed by atoms with Gasteiger partial charge in [0.05, 0.1) is 0 Å². The number of nitrogens with one attached hydrogen (secondary N) is 1. The number of amides is 2. The van der Waals surface area contributed by atoms with E-state index in [1.165, 1.54) is 0 Å². The summed E-state index contributed by atoms with van der Waals surface area (Å²) in [4.78, 5) is 29.4. The molecule has 0 aliphatic carbocycles. The highest BCUT2D eigenvalue weighted by Gasteiger charge is 2.36. The molecular weight excluding hydrogens is 236 g/mol. The van der Waals surface area contributed by atoms with E-state index in [1.807, 2.05) is 0 Å². The van der Waals surface area contributed by atoms with E-state index in [2.05, 4.69) is 15.5 Å². The maximum atomic E-state index is 12.2. The average Bonchev–Trinajstić information content (AvgIpc) is 2.64. The van der Waals surface area contributed by atoms with Crippen LogP contribution in [-0.4, -0.2) is 38.9 Å². The molecule has 0 aromatic carbocycles. The van der Waals surface area contributed by atoms with Crippen molar-refractivity contribution < 1.29 is 14.1 Å². The van der Waals surface area contributed by atoms with Gasteiger partial charge in [-0.2, -0.15) is 4.98 Å². The van der Waals surface area contributed by atoms with Gasteiger partial charge in [0.15, 0.2) is 5.82 Å². The predicted octanol–water partition coefficient (Wildman–Crippen LogP) is 0.00512. The second-order valence-electron chi connectivity index (χ2n) is 4.89. The molecule has 0 atom stereocenters. The lowest BCUT2D eigenvalue weighted by Gasteiger charge is -2.27. The van der Waals surface area contributed by atoms with Crippen molar-refractivity contribution >= 4 is 11.8 Å². The molecule has 1 aromatic rings. The molecule has 7 nitrogen and oxygen atoms in total. The zero-order valence-corrected chi connectivity index (χ0v) is 10.7. The van der Waals surface area contributed by atoms with Gasteiger partial charge < -0.3 is 14.7 Å². The minimum absolute atomic E-state index is 0.127. The van der Waals surface area contributed by atoms with Gasteiger partial charge in [-0.3, -0.25) is 9.59 Å². The highest BCUT2D eigenvalue weighted by atomic mass is 16.5. The Morgan fingerprint density at radius 3 is 2.78 bits per heavy atom. The van der Waals surface area contributed by atoms with Gasteiger partial charge in [-0.15, -0.1) is 0 Å². The van der Waals surface area contributed by atoms with Crippen molar-refractivity contribution in [2.24, 2.45) is 0 Å². The van der Waals surface area contributed by atoms with Gasteiger partial charge in [-0.05, 0) is 20.8 Å². The Morgan fingerprint density at radius 1 is 1.44 bits per heavy atom. The molecule has 0 spiro atoms. The van der Waals surface area contributed by atoms with Crippen LogP contribution in [-0.2, 0) is 16.1 Å². The summed E-state index contributed by atoms with van der Waals surface area (Å²) < 4.78 is 4.99. The van der Waals surface area contributed by atoms with Crippen LogP contribution in [0.3, 0.4) is 0 Å².